The Hall–Kier alpha value is -3.85. The molecule has 1 aliphatic carbocycles. The summed E-state index contributed by atoms with van der Waals surface area (Å²) < 4.78 is 0. The molecule has 1 amide bonds. The molecule has 0 unspecified atom stereocenters. The first-order valence-corrected chi connectivity index (χ1v) is 11.6. The number of nitrogens with two attached hydrogens (primary N) is 1. The van der Waals surface area contributed by atoms with Crippen LogP contribution in [0.3, 0.4) is 0 Å². The number of aryl methyl sites for hydroxylation is 1. The highest BCUT2D eigenvalue weighted by Gasteiger charge is 2.62. The number of para-hydroxylation sites is 1. The molecule has 5 rings (SSSR count). The van der Waals surface area contributed by atoms with E-state index in [2.05, 4.69) is 26.8 Å². The highest BCUT2D eigenvalue weighted by atomic mass is 16.2. The quantitative estimate of drug-likeness (QED) is 0.733. The lowest BCUT2D eigenvalue weighted by atomic mass is 9.60. The average molecular weight is 453 g/mol. The number of carbonyl (C=O) groups is 2. The number of fused-ring (bicyclic) bond motifs is 3. The molecule has 0 radical (unpaired) electrons. The molecule has 1 spiro atoms. The van der Waals surface area contributed by atoms with Crippen LogP contribution >= 0.6 is 0 Å². The van der Waals surface area contributed by atoms with Gasteiger partial charge in [-0.15, -0.1) is 0 Å². The first kappa shape index (κ1) is 22.0. The summed E-state index contributed by atoms with van der Waals surface area (Å²) in [6.07, 6.45) is 1.76. The van der Waals surface area contributed by atoms with Crippen LogP contribution in [0.5, 0.6) is 0 Å². The molecule has 0 bridgehead atoms. The zero-order valence-electron chi connectivity index (χ0n) is 20.0. The number of benzene rings is 2. The van der Waals surface area contributed by atoms with Gasteiger partial charge in [0.2, 0.25) is 5.91 Å². The Balaban J connectivity index is 1.88. The van der Waals surface area contributed by atoms with Crippen molar-refractivity contribution in [3.05, 3.63) is 82.3 Å². The number of hydrogen-bond acceptors (Lipinski definition) is 5. The van der Waals surface area contributed by atoms with E-state index in [1.165, 1.54) is 5.56 Å². The molecule has 0 fully saturated rings. The van der Waals surface area contributed by atoms with Crippen LogP contribution in [0.4, 0.5) is 11.4 Å². The number of rotatable bonds is 2. The maximum absolute atomic E-state index is 14.0. The maximum atomic E-state index is 14.0. The van der Waals surface area contributed by atoms with Crippen LogP contribution in [0, 0.1) is 16.7 Å². The van der Waals surface area contributed by atoms with Gasteiger partial charge in [0.1, 0.15) is 17.3 Å². The summed E-state index contributed by atoms with van der Waals surface area (Å²) >= 11 is 0. The molecule has 34 heavy (non-hydrogen) atoms. The second-order valence-corrected chi connectivity index (χ2v) is 10.1. The van der Waals surface area contributed by atoms with E-state index in [4.69, 9.17) is 5.73 Å². The molecule has 172 valence electrons. The van der Waals surface area contributed by atoms with E-state index in [9.17, 15) is 14.9 Å². The molecule has 3 aliphatic rings. The number of anilines is 2. The Labute approximate surface area is 200 Å². The van der Waals surface area contributed by atoms with Crippen LogP contribution in [0.2, 0.25) is 0 Å². The Bertz CT molecular complexity index is 1340. The Morgan fingerprint density at radius 2 is 1.74 bits per heavy atom. The SMILES string of the molecule is CCc1ccc(N2C(N)=C(C#N)[C@@]3(C(=O)N(C)c4ccccc43)C3=C2CC(C)(C)CC3=O)cc1. The van der Waals surface area contributed by atoms with E-state index < -0.39 is 5.41 Å². The lowest BCUT2D eigenvalue weighted by molar-refractivity contribution is -0.124. The monoisotopic (exact) mass is 452 g/mol. The Kier molecular flexibility index (Phi) is 4.73. The van der Waals surface area contributed by atoms with Crippen molar-refractivity contribution < 1.29 is 9.59 Å². The molecule has 0 saturated carbocycles. The summed E-state index contributed by atoms with van der Waals surface area (Å²) in [6.45, 7) is 6.19. The fourth-order valence-corrected chi connectivity index (χ4v) is 5.84. The number of hydrogen-bond donors (Lipinski definition) is 1. The van der Waals surface area contributed by atoms with Crippen LogP contribution in [0.15, 0.2) is 71.2 Å². The van der Waals surface area contributed by atoms with Gasteiger partial charge >= 0.3 is 0 Å². The van der Waals surface area contributed by atoms with E-state index in [0.717, 1.165) is 12.1 Å². The highest BCUT2D eigenvalue weighted by molar-refractivity contribution is 6.20. The van der Waals surface area contributed by atoms with Gasteiger partial charge in [-0.2, -0.15) is 5.26 Å². The molecule has 0 aromatic heterocycles. The zero-order valence-corrected chi connectivity index (χ0v) is 20.0. The summed E-state index contributed by atoms with van der Waals surface area (Å²) in [5, 5.41) is 10.4. The molecular weight excluding hydrogens is 424 g/mol. The second kappa shape index (κ2) is 7.33. The lowest BCUT2D eigenvalue weighted by Crippen LogP contribution is -2.53. The third-order valence-corrected chi connectivity index (χ3v) is 7.38. The summed E-state index contributed by atoms with van der Waals surface area (Å²) in [4.78, 5) is 31.3. The zero-order chi connectivity index (χ0) is 24.4. The molecule has 6 nitrogen and oxygen atoms in total. The van der Waals surface area contributed by atoms with Crippen molar-refractivity contribution in [3.8, 4) is 6.07 Å². The first-order chi connectivity index (χ1) is 16.2. The molecule has 0 saturated heterocycles. The van der Waals surface area contributed by atoms with Gasteiger partial charge in [-0.25, -0.2) is 0 Å². The van der Waals surface area contributed by atoms with Gasteiger partial charge in [0.25, 0.3) is 0 Å². The molecule has 2 aromatic carbocycles. The number of carbonyl (C=O) groups excluding carboxylic acids is 2. The van der Waals surface area contributed by atoms with Crippen molar-refractivity contribution in [2.24, 2.45) is 11.1 Å². The molecule has 6 heteroatoms. The predicted molar refractivity (Wildman–Crippen MR) is 132 cm³/mol. The van der Waals surface area contributed by atoms with Gasteiger partial charge in [0.15, 0.2) is 5.78 Å². The Morgan fingerprint density at radius 1 is 1.06 bits per heavy atom. The van der Waals surface area contributed by atoms with Crippen LogP contribution in [0.25, 0.3) is 0 Å². The van der Waals surface area contributed by atoms with Crippen molar-refractivity contribution in [3.63, 3.8) is 0 Å². The second-order valence-electron chi connectivity index (χ2n) is 10.1. The van der Waals surface area contributed by atoms with Crippen LogP contribution in [-0.2, 0) is 21.4 Å². The van der Waals surface area contributed by atoms with Gasteiger partial charge in [0, 0.05) is 41.7 Å². The number of nitrogens with zero attached hydrogens (tertiary/aromatic N) is 3. The molecule has 2 heterocycles. The number of ketones is 1. The highest BCUT2D eigenvalue weighted by Crippen LogP contribution is 2.58. The maximum Gasteiger partial charge on any atom is 0.247 e. The number of amides is 1. The lowest BCUT2D eigenvalue weighted by Gasteiger charge is -2.47. The van der Waals surface area contributed by atoms with E-state index in [-0.39, 0.29) is 28.5 Å². The molecule has 2 aliphatic heterocycles. The van der Waals surface area contributed by atoms with Crippen LogP contribution in [-0.4, -0.2) is 18.7 Å². The summed E-state index contributed by atoms with van der Waals surface area (Å²) in [6, 6.07) is 17.6. The van der Waals surface area contributed by atoms with Crippen molar-refractivity contribution in [2.75, 3.05) is 16.8 Å². The normalized spacial score (nSPS) is 23.4. The van der Waals surface area contributed by atoms with Crippen molar-refractivity contribution in [1.29, 1.82) is 5.26 Å². The smallest absolute Gasteiger partial charge is 0.247 e. The van der Waals surface area contributed by atoms with Crippen LogP contribution < -0.4 is 15.5 Å². The molecule has 2 aromatic rings. The largest absolute Gasteiger partial charge is 0.384 e. The predicted octanol–water partition coefficient (Wildman–Crippen LogP) is 4.32. The van der Waals surface area contributed by atoms with Gasteiger partial charge in [0.05, 0.1) is 5.57 Å². The van der Waals surface area contributed by atoms with Crippen molar-refractivity contribution >= 4 is 23.1 Å². The minimum Gasteiger partial charge on any atom is -0.384 e. The third kappa shape index (κ3) is 2.73. The van der Waals surface area contributed by atoms with Crippen LogP contribution in [0.1, 0.15) is 44.7 Å². The summed E-state index contributed by atoms with van der Waals surface area (Å²) in [7, 11) is 1.69. The number of Topliss-reactive ketones (excluding diaryl/α,β-unsaturated/α-hetero) is 1. The van der Waals surface area contributed by atoms with E-state index in [0.29, 0.717) is 35.4 Å². The van der Waals surface area contributed by atoms with Gasteiger partial charge < -0.3 is 10.6 Å². The topological polar surface area (TPSA) is 90.4 Å². The number of nitriles is 1. The fraction of sp³-hybridized carbons (Fsp3) is 0.321. The Morgan fingerprint density at radius 3 is 2.38 bits per heavy atom. The standard InChI is InChI=1S/C28H28N4O2/c1-5-17-10-12-18(13-11-17)32-22-14-27(2,3)15-23(33)24(22)28(20(16-29)25(32)30)19-8-6-7-9-21(19)31(4)26(28)34/h6-13H,5,14-15,30H2,1-4H3/t28-/m1/s1. The minimum atomic E-state index is -1.52. The van der Waals surface area contributed by atoms with E-state index in [1.807, 2.05) is 53.4 Å². The molecular formula is C28H28N4O2. The first-order valence-electron chi connectivity index (χ1n) is 11.6. The number of likely N-dealkylation sites (N-methyl/N-ethyl adjacent to an activating group) is 1. The summed E-state index contributed by atoms with van der Waals surface area (Å²) in [5.74, 6) is -0.218. The van der Waals surface area contributed by atoms with E-state index in [1.54, 1.807) is 11.9 Å². The van der Waals surface area contributed by atoms with Gasteiger partial charge in [-0.05, 0) is 42.0 Å². The summed E-state index contributed by atoms with van der Waals surface area (Å²) in [5.41, 5.74) is 9.43. The fourth-order valence-electron chi connectivity index (χ4n) is 5.84. The number of allylic oxidation sites excluding steroid dienone is 1. The van der Waals surface area contributed by atoms with Gasteiger partial charge in [-0.1, -0.05) is 51.1 Å². The molecule has 1 atom stereocenters. The average Bonchev–Trinajstić information content (AvgIpc) is 3.02. The minimum absolute atomic E-state index is 0.111. The third-order valence-electron chi connectivity index (χ3n) is 7.38. The van der Waals surface area contributed by atoms with Gasteiger partial charge in [-0.3, -0.25) is 14.5 Å². The van der Waals surface area contributed by atoms with Crippen molar-refractivity contribution in [1.82, 2.24) is 0 Å². The van der Waals surface area contributed by atoms with Crippen molar-refractivity contribution in [2.45, 2.75) is 45.4 Å². The molecule has 2 N–H and O–H groups in total. The van der Waals surface area contributed by atoms with E-state index >= 15 is 0 Å².